The lowest BCUT2D eigenvalue weighted by molar-refractivity contribution is -0.138. The highest BCUT2D eigenvalue weighted by Gasteiger charge is 2.29. The van der Waals surface area contributed by atoms with Gasteiger partial charge in [0.2, 0.25) is 21.8 Å². The molecular formula is C17H24N2O4S. The number of amides is 2. The maximum absolute atomic E-state index is 12.7. The van der Waals surface area contributed by atoms with Crippen molar-refractivity contribution in [1.29, 1.82) is 0 Å². The Bertz CT molecular complexity index is 767. The first-order valence-electron chi connectivity index (χ1n) is 7.97. The van der Waals surface area contributed by atoms with Crippen LogP contribution in [0.2, 0.25) is 0 Å². The molecule has 0 unspecified atom stereocenters. The molecule has 1 aliphatic heterocycles. The maximum Gasteiger partial charge on any atom is 0.241 e. The van der Waals surface area contributed by atoms with Gasteiger partial charge in [0, 0.05) is 25.9 Å². The number of rotatable bonds is 5. The fraction of sp³-hybridized carbons (Fsp3) is 0.529. The van der Waals surface area contributed by atoms with E-state index < -0.39 is 10.0 Å². The van der Waals surface area contributed by atoms with Crippen molar-refractivity contribution in [1.82, 2.24) is 9.62 Å². The number of likely N-dealkylation sites (tertiary alicyclic amines) is 1. The molecule has 0 radical (unpaired) electrons. The molecule has 1 saturated heterocycles. The van der Waals surface area contributed by atoms with Gasteiger partial charge in [0.15, 0.2) is 0 Å². The fourth-order valence-corrected chi connectivity index (χ4v) is 4.72. The quantitative estimate of drug-likeness (QED) is 0.817. The lowest BCUT2D eigenvalue weighted by Gasteiger charge is -2.20. The predicted molar refractivity (Wildman–Crippen MR) is 91.3 cm³/mol. The molecule has 24 heavy (non-hydrogen) atoms. The zero-order chi connectivity index (χ0) is 18.2. The van der Waals surface area contributed by atoms with E-state index in [1.165, 1.54) is 0 Å². The molecule has 2 rings (SSSR count). The van der Waals surface area contributed by atoms with Crippen LogP contribution in [0.15, 0.2) is 4.90 Å². The molecule has 0 saturated carbocycles. The molecule has 1 aliphatic rings. The number of carbonyl (C=O) groups is 2. The predicted octanol–water partition coefficient (Wildman–Crippen LogP) is 1.66. The highest BCUT2D eigenvalue weighted by molar-refractivity contribution is 7.89. The second kappa shape index (κ2) is 6.64. The Morgan fingerprint density at radius 1 is 0.833 bits per heavy atom. The molecule has 132 valence electrons. The fourth-order valence-electron chi connectivity index (χ4n) is 3.10. The van der Waals surface area contributed by atoms with Gasteiger partial charge in [0.05, 0.1) is 4.90 Å². The molecule has 2 amide bonds. The van der Waals surface area contributed by atoms with Gasteiger partial charge in [-0.1, -0.05) is 0 Å². The zero-order valence-corrected chi connectivity index (χ0v) is 15.6. The SMILES string of the molecule is Cc1c(C)c(C)c(S(=O)(=O)NCCN2C(=O)CCC2=O)c(C)c1C. The standard InChI is InChI=1S/C17H24N2O4S/c1-10-11(2)13(4)17(14(5)12(10)3)24(22,23)18-8-9-19-15(20)6-7-16(19)21/h18H,6-9H2,1-5H3. The number of nitrogens with one attached hydrogen (secondary N) is 1. The van der Waals surface area contributed by atoms with Crippen molar-refractivity contribution in [3.8, 4) is 0 Å². The average molecular weight is 352 g/mol. The molecule has 0 atom stereocenters. The summed E-state index contributed by atoms with van der Waals surface area (Å²) in [4.78, 5) is 24.6. The third-order valence-electron chi connectivity index (χ3n) is 4.98. The number of nitrogens with zero attached hydrogens (tertiary/aromatic N) is 1. The van der Waals surface area contributed by atoms with Gasteiger partial charge in [-0.15, -0.1) is 0 Å². The van der Waals surface area contributed by atoms with Crippen LogP contribution >= 0.6 is 0 Å². The summed E-state index contributed by atoms with van der Waals surface area (Å²) < 4.78 is 28.0. The lowest BCUT2D eigenvalue weighted by Crippen LogP contribution is -2.38. The van der Waals surface area contributed by atoms with E-state index in [-0.39, 0.29) is 37.7 Å². The van der Waals surface area contributed by atoms with E-state index in [2.05, 4.69) is 4.72 Å². The topological polar surface area (TPSA) is 83.6 Å². The summed E-state index contributed by atoms with van der Waals surface area (Å²) in [6, 6.07) is 0. The number of hydrogen-bond acceptors (Lipinski definition) is 4. The minimum absolute atomic E-state index is 0.0185. The van der Waals surface area contributed by atoms with Gasteiger partial charge in [-0.05, 0) is 62.4 Å². The third-order valence-corrected chi connectivity index (χ3v) is 6.72. The van der Waals surface area contributed by atoms with Gasteiger partial charge < -0.3 is 0 Å². The van der Waals surface area contributed by atoms with E-state index >= 15 is 0 Å². The minimum Gasteiger partial charge on any atom is -0.281 e. The summed E-state index contributed by atoms with van der Waals surface area (Å²) in [7, 11) is -3.71. The number of benzene rings is 1. The number of carbonyl (C=O) groups excluding carboxylic acids is 2. The van der Waals surface area contributed by atoms with E-state index in [9.17, 15) is 18.0 Å². The van der Waals surface area contributed by atoms with Gasteiger partial charge in [-0.3, -0.25) is 14.5 Å². The van der Waals surface area contributed by atoms with Crippen molar-refractivity contribution >= 4 is 21.8 Å². The Morgan fingerprint density at radius 2 is 1.25 bits per heavy atom. The monoisotopic (exact) mass is 352 g/mol. The summed E-state index contributed by atoms with van der Waals surface area (Å²) in [5.41, 5.74) is 4.48. The molecule has 1 fully saturated rings. The molecule has 1 N–H and O–H groups in total. The number of imide groups is 1. The van der Waals surface area contributed by atoms with E-state index in [0.717, 1.165) is 32.7 Å². The Morgan fingerprint density at radius 3 is 1.71 bits per heavy atom. The molecular weight excluding hydrogens is 328 g/mol. The van der Waals surface area contributed by atoms with Crippen LogP contribution in [0.25, 0.3) is 0 Å². The molecule has 1 heterocycles. The van der Waals surface area contributed by atoms with Crippen LogP contribution in [0.5, 0.6) is 0 Å². The number of hydrogen-bond donors (Lipinski definition) is 1. The Labute approximate surface area is 143 Å². The van der Waals surface area contributed by atoms with E-state index in [0.29, 0.717) is 4.90 Å². The molecule has 0 aliphatic carbocycles. The van der Waals surface area contributed by atoms with Crippen molar-refractivity contribution in [3.63, 3.8) is 0 Å². The highest BCUT2D eigenvalue weighted by Crippen LogP contribution is 2.29. The first kappa shape index (κ1) is 18.6. The van der Waals surface area contributed by atoms with Crippen molar-refractivity contribution in [2.45, 2.75) is 52.4 Å². The van der Waals surface area contributed by atoms with Crippen LogP contribution in [-0.2, 0) is 19.6 Å². The van der Waals surface area contributed by atoms with Crippen LogP contribution in [0.3, 0.4) is 0 Å². The van der Waals surface area contributed by atoms with Crippen LogP contribution < -0.4 is 4.72 Å². The lowest BCUT2D eigenvalue weighted by atomic mass is 9.95. The van der Waals surface area contributed by atoms with E-state index in [1.54, 1.807) is 13.8 Å². The summed E-state index contributed by atoms with van der Waals surface area (Å²) in [5.74, 6) is -0.484. The van der Waals surface area contributed by atoms with Gasteiger partial charge in [0.1, 0.15) is 0 Å². The van der Waals surface area contributed by atoms with E-state index in [4.69, 9.17) is 0 Å². The minimum atomic E-state index is -3.71. The van der Waals surface area contributed by atoms with Crippen LogP contribution in [0.4, 0.5) is 0 Å². The molecule has 0 spiro atoms. The second-order valence-corrected chi connectivity index (χ2v) is 7.99. The summed E-state index contributed by atoms with van der Waals surface area (Å²) in [6.07, 6.45) is 0.417. The Hall–Kier alpha value is -1.73. The Balaban J connectivity index is 2.23. The summed E-state index contributed by atoms with van der Waals surface area (Å²) >= 11 is 0. The maximum atomic E-state index is 12.7. The summed E-state index contributed by atoms with van der Waals surface area (Å²) in [6.45, 7) is 9.51. The van der Waals surface area contributed by atoms with Gasteiger partial charge in [0.25, 0.3) is 0 Å². The molecule has 0 bridgehead atoms. The van der Waals surface area contributed by atoms with E-state index in [1.807, 2.05) is 20.8 Å². The van der Waals surface area contributed by atoms with Crippen molar-refractivity contribution < 1.29 is 18.0 Å². The van der Waals surface area contributed by atoms with Gasteiger partial charge in [-0.2, -0.15) is 0 Å². The molecule has 1 aromatic rings. The van der Waals surface area contributed by atoms with Crippen LogP contribution in [-0.4, -0.2) is 38.2 Å². The highest BCUT2D eigenvalue weighted by atomic mass is 32.2. The first-order valence-corrected chi connectivity index (χ1v) is 9.46. The molecule has 0 aromatic heterocycles. The second-order valence-electron chi connectivity index (χ2n) is 6.29. The smallest absolute Gasteiger partial charge is 0.241 e. The van der Waals surface area contributed by atoms with Crippen LogP contribution in [0, 0.1) is 34.6 Å². The molecule has 6 nitrogen and oxygen atoms in total. The van der Waals surface area contributed by atoms with Gasteiger partial charge >= 0.3 is 0 Å². The zero-order valence-electron chi connectivity index (χ0n) is 14.8. The third kappa shape index (κ3) is 3.23. The first-order chi connectivity index (χ1) is 11.1. The van der Waals surface area contributed by atoms with Crippen molar-refractivity contribution in [2.75, 3.05) is 13.1 Å². The number of sulfonamides is 1. The van der Waals surface area contributed by atoms with Crippen molar-refractivity contribution in [3.05, 3.63) is 27.8 Å². The molecule has 1 aromatic carbocycles. The molecule has 7 heteroatoms. The average Bonchev–Trinajstić information content (AvgIpc) is 2.82. The largest absolute Gasteiger partial charge is 0.281 e. The van der Waals surface area contributed by atoms with Gasteiger partial charge in [-0.25, -0.2) is 13.1 Å². The van der Waals surface area contributed by atoms with Crippen LogP contribution in [0.1, 0.15) is 40.7 Å². The summed E-state index contributed by atoms with van der Waals surface area (Å²) in [5, 5.41) is 0. The Kier molecular flexibility index (Phi) is 5.15. The van der Waals surface area contributed by atoms with Crippen molar-refractivity contribution in [2.24, 2.45) is 0 Å². The normalized spacial score (nSPS) is 15.5.